The first kappa shape index (κ1) is 20.6. The van der Waals surface area contributed by atoms with Gasteiger partial charge in [-0.05, 0) is 37.8 Å². The number of para-hydroxylation sites is 2. The zero-order valence-electron chi connectivity index (χ0n) is 16.4. The van der Waals surface area contributed by atoms with E-state index in [-0.39, 0.29) is 0 Å². The molecular weight excluding hydrogens is 322 g/mol. The third-order valence-electron chi connectivity index (χ3n) is 4.77. The molecule has 0 aliphatic rings. The summed E-state index contributed by atoms with van der Waals surface area (Å²) in [6.45, 7) is 4.11. The number of aryl methyl sites for hydroxylation is 1. The molecule has 0 spiro atoms. The molecule has 0 atom stereocenters. The predicted octanol–water partition coefficient (Wildman–Crippen LogP) is 5.69. The SMILES string of the molecule is CCCCCCOCCCCCCCCc1nc2ccccc2nc1N. The maximum Gasteiger partial charge on any atom is 0.145 e. The van der Waals surface area contributed by atoms with Crippen LogP contribution in [-0.4, -0.2) is 23.2 Å². The molecule has 26 heavy (non-hydrogen) atoms. The first-order valence-electron chi connectivity index (χ1n) is 10.4. The van der Waals surface area contributed by atoms with Gasteiger partial charge in [0.15, 0.2) is 0 Å². The fourth-order valence-corrected chi connectivity index (χ4v) is 3.17. The minimum atomic E-state index is 0.583. The molecule has 0 unspecified atom stereocenters. The van der Waals surface area contributed by atoms with Crippen LogP contribution in [0.2, 0.25) is 0 Å². The molecule has 1 aromatic carbocycles. The van der Waals surface area contributed by atoms with Crippen LogP contribution in [0.1, 0.15) is 76.8 Å². The average Bonchev–Trinajstić information content (AvgIpc) is 2.65. The summed E-state index contributed by atoms with van der Waals surface area (Å²) in [6, 6.07) is 7.91. The van der Waals surface area contributed by atoms with Crippen molar-refractivity contribution < 1.29 is 4.74 Å². The summed E-state index contributed by atoms with van der Waals surface area (Å²) >= 11 is 0. The fourth-order valence-electron chi connectivity index (χ4n) is 3.17. The second kappa shape index (κ2) is 12.6. The molecule has 0 fully saturated rings. The van der Waals surface area contributed by atoms with E-state index in [1.165, 1.54) is 57.8 Å². The zero-order valence-corrected chi connectivity index (χ0v) is 16.4. The van der Waals surface area contributed by atoms with E-state index in [4.69, 9.17) is 10.5 Å². The van der Waals surface area contributed by atoms with Crippen molar-refractivity contribution in [2.45, 2.75) is 77.6 Å². The highest BCUT2D eigenvalue weighted by Crippen LogP contribution is 2.17. The van der Waals surface area contributed by atoms with Gasteiger partial charge in [0.05, 0.1) is 16.7 Å². The van der Waals surface area contributed by atoms with Crippen LogP contribution in [0.5, 0.6) is 0 Å². The van der Waals surface area contributed by atoms with Crippen molar-refractivity contribution in [1.29, 1.82) is 0 Å². The maximum atomic E-state index is 6.05. The van der Waals surface area contributed by atoms with Crippen molar-refractivity contribution in [3.8, 4) is 0 Å². The number of benzene rings is 1. The highest BCUT2D eigenvalue weighted by Gasteiger charge is 2.05. The van der Waals surface area contributed by atoms with Crippen LogP contribution in [0.25, 0.3) is 11.0 Å². The highest BCUT2D eigenvalue weighted by atomic mass is 16.5. The number of nitrogens with two attached hydrogens (primary N) is 1. The Balaban J connectivity index is 1.49. The van der Waals surface area contributed by atoms with Crippen LogP contribution in [0, 0.1) is 0 Å². The molecule has 2 aromatic rings. The summed E-state index contributed by atoms with van der Waals surface area (Å²) in [5, 5.41) is 0. The van der Waals surface area contributed by atoms with Gasteiger partial charge in [-0.2, -0.15) is 0 Å². The van der Waals surface area contributed by atoms with Crippen molar-refractivity contribution in [2.24, 2.45) is 0 Å². The summed E-state index contributed by atoms with van der Waals surface area (Å²) in [5.74, 6) is 0.583. The van der Waals surface area contributed by atoms with E-state index in [0.29, 0.717) is 5.82 Å². The number of unbranched alkanes of at least 4 members (excludes halogenated alkanes) is 8. The monoisotopic (exact) mass is 357 g/mol. The molecule has 2 rings (SSSR count). The van der Waals surface area contributed by atoms with E-state index in [9.17, 15) is 0 Å². The van der Waals surface area contributed by atoms with Gasteiger partial charge < -0.3 is 10.5 Å². The molecule has 0 saturated heterocycles. The highest BCUT2D eigenvalue weighted by molar-refractivity contribution is 5.75. The van der Waals surface area contributed by atoms with Gasteiger partial charge in [-0.3, -0.25) is 0 Å². The van der Waals surface area contributed by atoms with Gasteiger partial charge >= 0.3 is 0 Å². The molecule has 0 aliphatic heterocycles. The lowest BCUT2D eigenvalue weighted by molar-refractivity contribution is 0.125. The molecule has 4 nitrogen and oxygen atoms in total. The van der Waals surface area contributed by atoms with Crippen molar-refractivity contribution in [2.75, 3.05) is 18.9 Å². The first-order valence-corrected chi connectivity index (χ1v) is 10.4. The van der Waals surface area contributed by atoms with Crippen LogP contribution < -0.4 is 5.73 Å². The van der Waals surface area contributed by atoms with Gasteiger partial charge in [0.2, 0.25) is 0 Å². The Labute approximate surface area is 158 Å². The van der Waals surface area contributed by atoms with Crippen LogP contribution in [0.4, 0.5) is 5.82 Å². The minimum absolute atomic E-state index is 0.583. The Morgan fingerprint density at radius 3 is 2.04 bits per heavy atom. The van der Waals surface area contributed by atoms with Crippen LogP contribution in [-0.2, 0) is 11.2 Å². The van der Waals surface area contributed by atoms with Crippen molar-refractivity contribution in [3.05, 3.63) is 30.0 Å². The molecule has 1 heterocycles. The maximum absolute atomic E-state index is 6.05. The van der Waals surface area contributed by atoms with E-state index in [1.807, 2.05) is 24.3 Å². The largest absolute Gasteiger partial charge is 0.382 e. The van der Waals surface area contributed by atoms with E-state index in [1.54, 1.807) is 0 Å². The van der Waals surface area contributed by atoms with E-state index < -0.39 is 0 Å². The number of nitrogen functional groups attached to an aromatic ring is 1. The van der Waals surface area contributed by atoms with Crippen LogP contribution >= 0.6 is 0 Å². The van der Waals surface area contributed by atoms with Gasteiger partial charge in [0.25, 0.3) is 0 Å². The number of hydrogen-bond acceptors (Lipinski definition) is 4. The molecule has 4 heteroatoms. The second-order valence-corrected chi connectivity index (χ2v) is 7.09. The average molecular weight is 358 g/mol. The first-order chi connectivity index (χ1) is 12.8. The van der Waals surface area contributed by atoms with Crippen molar-refractivity contribution in [3.63, 3.8) is 0 Å². The topological polar surface area (TPSA) is 61.0 Å². The summed E-state index contributed by atoms with van der Waals surface area (Å²) in [5.41, 5.74) is 8.80. The van der Waals surface area contributed by atoms with Gasteiger partial charge in [-0.15, -0.1) is 0 Å². The molecule has 0 radical (unpaired) electrons. The van der Waals surface area contributed by atoms with Crippen LogP contribution in [0.15, 0.2) is 24.3 Å². The normalized spacial score (nSPS) is 11.3. The van der Waals surface area contributed by atoms with Crippen LogP contribution in [0.3, 0.4) is 0 Å². The Bertz CT molecular complexity index is 630. The van der Waals surface area contributed by atoms with Gasteiger partial charge in [0.1, 0.15) is 5.82 Å². The zero-order chi connectivity index (χ0) is 18.5. The second-order valence-electron chi connectivity index (χ2n) is 7.09. The molecule has 2 N–H and O–H groups in total. The van der Waals surface area contributed by atoms with E-state index in [0.717, 1.165) is 42.8 Å². The number of fused-ring (bicyclic) bond motifs is 1. The third kappa shape index (κ3) is 7.69. The van der Waals surface area contributed by atoms with E-state index in [2.05, 4.69) is 16.9 Å². The number of nitrogens with zero attached hydrogens (tertiary/aromatic N) is 2. The van der Waals surface area contributed by atoms with E-state index >= 15 is 0 Å². The molecule has 0 bridgehead atoms. The molecule has 0 aliphatic carbocycles. The third-order valence-corrected chi connectivity index (χ3v) is 4.77. The lowest BCUT2D eigenvalue weighted by Crippen LogP contribution is -2.02. The molecule has 1 aromatic heterocycles. The summed E-state index contributed by atoms with van der Waals surface area (Å²) in [7, 11) is 0. The quantitative estimate of drug-likeness (QED) is 0.441. The molecule has 0 amide bonds. The smallest absolute Gasteiger partial charge is 0.145 e. The minimum Gasteiger partial charge on any atom is -0.382 e. The Kier molecular flexibility index (Phi) is 10.0. The Hall–Kier alpha value is -1.68. The fraction of sp³-hybridized carbons (Fsp3) is 0.636. The summed E-state index contributed by atoms with van der Waals surface area (Å²) < 4.78 is 5.68. The number of rotatable bonds is 14. The Morgan fingerprint density at radius 2 is 1.35 bits per heavy atom. The molecule has 144 valence electrons. The van der Waals surface area contributed by atoms with Gasteiger partial charge in [-0.25, -0.2) is 9.97 Å². The number of anilines is 1. The molecular formula is C22H35N3O. The lowest BCUT2D eigenvalue weighted by atomic mass is 10.1. The van der Waals surface area contributed by atoms with Crippen molar-refractivity contribution in [1.82, 2.24) is 9.97 Å². The standard InChI is InChI=1S/C22H35N3O/c1-2-3-4-12-17-26-18-13-8-6-5-7-9-16-21-22(23)25-20-15-11-10-14-19(20)24-21/h10-11,14-15H,2-9,12-13,16-18H2,1H3,(H2,23,25). The number of hydrogen-bond donors (Lipinski definition) is 1. The molecule has 0 saturated carbocycles. The summed E-state index contributed by atoms with van der Waals surface area (Å²) in [6.07, 6.45) is 13.5. The Morgan fingerprint density at radius 1 is 0.769 bits per heavy atom. The number of ether oxygens (including phenoxy) is 1. The summed E-state index contributed by atoms with van der Waals surface area (Å²) in [4.78, 5) is 9.12. The number of aromatic nitrogens is 2. The van der Waals surface area contributed by atoms with Gasteiger partial charge in [0, 0.05) is 13.2 Å². The van der Waals surface area contributed by atoms with Gasteiger partial charge in [-0.1, -0.05) is 64.0 Å². The van der Waals surface area contributed by atoms with Crippen molar-refractivity contribution >= 4 is 16.9 Å². The lowest BCUT2D eigenvalue weighted by Gasteiger charge is -2.07. The predicted molar refractivity (Wildman–Crippen MR) is 110 cm³/mol.